The number of para-hydroxylation sites is 1. The molecule has 0 bridgehead atoms. The number of aryl methyl sites for hydroxylation is 1. The Bertz CT molecular complexity index is 811. The molecule has 1 N–H and O–H groups in total. The standard InChI is InChI=1S/C21H28N4O2S/c1-15(2)13-19-22-16(3)20(28-19)21(27)25-11-9-24(10-12-25)14-18(26)23-17-7-5-4-6-8-17/h4-8,15H,9-14H2,1-3H3,(H,23,26). The number of piperazine rings is 1. The topological polar surface area (TPSA) is 65.5 Å². The molecular formula is C21H28N4O2S. The minimum Gasteiger partial charge on any atom is -0.335 e. The van der Waals surface area contributed by atoms with Crippen molar-refractivity contribution in [2.45, 2.75) is 27.2 Å². The van der Waals surface area contributed by atoms with Crippen LogP contribution in [0.5, 0.6) is 0 Å². The molecule has 0 unspecified atom stereocenters. The van der Waals surface area contributed by atoms with Gasteiger partial charge < -0.3 is 10.2 Å². The van der Waals surface area contributed by atoms with Gasteiger partial charge in [-0.15, -0.1) is 11.3 Å². The van der Waals surface area contributed by atoms with E-state index in [0.717, 1.165) is 27.7 Å². The number of aromatic nitrogens is 1. The highest BCUT2D eigenvalue weighted by Gasteiger charge is 2.26. The summed E-state index contributed by atoms with van der Waals surface area (Å²) in [6.07, 6.45) is 0.906. The molecule has 2 amide bonds. The number of rotatable bonds is 6. The minimum atomic E-state index is -0.0254. The number of carbonyl (C=O) groups is 2. The normalized spacial score (nSPS) is 15.1. The molecule has 150 valence electrons. The zero-order valence-electron chi connectivity index (χ0n) is 16.8. The second-order valence-corrected chi connectivity index (χ2v) is 8.69. The van der Waals surface area contributed by atoms with Gasteiger partial charge in [0.05, 0.1) is 17.2 Å². The van der Waals surface area contributed by atoms with E-state index in [1.807, 2.05) is 42.2 Å². The van der Waals surface area contributed by atoms with Crippen LogP contribution < -0.4 is 5.32 Å². The Hall–Kier alpha value is -2.25. The van der Waals surface area contributed by atoms with Gasteiger partial charge in [-0.1, -0.05) is 32.0 Å². The van der Waals surface area contributed by atoms with Crippen LogP contribution in [0.25, 0.3) is 0 Å². The SMILES string of the molecule is Cc1nc(CC(C)C)sc1C(=O)N1CCN(CC(=O)Nc2ccccc2)CC1. The van der Waals surface area contributed by atoms with Crippen LogP contribution in [0.3, 0.4) is 0 Å². The highest BCUT2D eigenvalue weighted by atomic mass is 32.1. The average molecular weight is 401 g/mol. The van der Waals surface area contributed by atoms with Crippen LogP contribution in [-0.4, -0.2) is 59.3 Å². The smallest absolute Gasteiger partial charge is 0.265 e. The Balaban J connectivity index is 1.50. The fourth-order valence-electron chi connectivity index (χ4n) is 3.27. The zero-order chi connectivity index (χ0) is 20.1. The van der Waals surface area contributed by atoms with E-state index in [2.05, 4.69) is 29.0 Å². The van der Waals surface area contributed by atoms with Gasteiger partial charge in [0.2, 0.25) is 5.91 Å². The lowest BCUT2D eigenvalue weighted by Crippen LogP contribution is -2.50. The number of anilines is 1. The maximum Gasteiger partial charge on any atom is 0.265 e. The number of hydrogen-bond donors (Lipinski definition) is 1. The molecule has 1 saturated heterocycles. The molecular weight excluding hydrogens is 372 g/mol. The fraction of sp³-hybridized carbons (Fsp3) is 0.476. The molecule has 1 aliphatic heterocycles. The average Bonchev–Trinajstić information content (AvgIpc) is 3.02. The van der Waals surface area contributed by atoms with Crippen LogP contribution >= 0.6 is 11.3 Å². The van der Waals surface area contributed by atoms with E-state index < -0.39 is 0 Å². The molecule has 1 aromatic carbocycles. The number of thiazole rings is 1. The first-order valence-electron chi connectivity index (χ1n) is 9.75. The molecule has 0 atom stereocenters. The summed E-state index contributed by atoms with van der Waals surface area (Å²) in [7, 11) is 0. The maximum absolute atomic E-state index is 12.9. The van der Waals surface area contributed by atoms with E-state index in [9.17, 15) is 9.59 Å². The molecule has 28 heavy (non-hydrogen) atoms. The number of amides is 2. The van der Waals surface area contributed by atoms with Crippen LogP contribution in [0, 0.1) is 12.8 Å². The monoisotopic (exact) mass is 400 g/mol. The molecule has 7 heteroatoms. The molecule has 0 saturated carbocycles. The lowest BCUT2D eigenvalue weighted by molar-refractivity contribution is -0.117. The third-order valence-corrected chi connectivity index (χ3v) is 5.87. The van der Waals surface area contributed by atoms with Gasteiger partial charge in [0.1, 0.15) is 4.88 Å². The third kappa shape index (κ3) is 5.39. The van der Waals surface area contributed by atoms with E-state index in [4.69, 9.17) is 0 Å². The lowest BCUT2D eigenvalue weighted by atomic mass is 10.1. The van der Waals surface area contributed by atoms with Crippen molar-refractivity contribution in [2.75, 3.05) is 38.0 Å². The molecule has 3 rings (SSSR count). The van der Waals surface area contributed by atoms with E-state index in [1.165, 1.54) is 11.3 Å². The van der Waals surface area contributed by atoms with Crippen molar-refractivity contribution >= 4 is 28.8 Å². The molecule has 0 radical (unpaired) electrons. The fourth-order valence-corrected chi connectivity index (χ4v) is 4.51. The molecule has 1 aromatic heterocycles. The van der Waals surface area contributed by atoms with E-state index in [0.29, 0.717) is 38.6 Å². The summed E-state index contributed by atoms with van der Waals surface area (Å²) >= 11 is 1.52. The first-order chi connectivity index (χ1) is 13.4. The van der Waals surface area contributed by atoms with Crippen LogP contribution in [0.1, 0.15) is 34.2 Å². The molecule has 1 fully saturated rings. The number of nitrogens with one attached hydrogen (secondary N) is 1. The number of hydrogen-bond acceptors (Lipinski definition) is 5. The van der Waals surface area contributed by atoms with Gasteiger partial charge in [0.15, 0.2) is 0 Å². The second kappa shape index (κ2) is 9.30. The number of carbonyl (C=O) groups excluding carboxylic acids is 2. The van der Waals surface area contributed by atoms with Crippen LogP contribution in [0.15, 0.2) is 30.3 Å². The highest BCUT2D eigenvalue weighted by molar-refractivity contribution is 7.13. The summed E-state index contributed by atoms with van der Waals surface area (Å²) in [5.74, 6) is 0.570. The second-order valence-electron chi connectivity index (χ2n) is 7.60. The lowest BCUT2D eigenvalue weighted by Gasteiger charge is -2.34. The zero-order valence-corrected chi connectivity index (χ0v) is 17.6. The Morgan fingerprint density at radius 1 is 1.14 bits per heavy atom. The van der Waals surface area contributed by atoms with E-state index >= 15 is 0 Å². The summed E-state index contributed by atoms with van der Waals surface area (Å²) in [5, 5.41) is 3.94. The number of nitrogens with zero attached hydrogens (tertiary/aromatic N) is 3. The quantitative estimate of drug-likeness (QED) is 0.809. The predicted molar refractivity (Wildman–Crippen MR) is 113 cm³/mol. The molecule has 2 aromatic rings. The van der Waals surface area contributed by atoms with Crippen molar-refractivity contribution in [3.63, 3.8) is 0 Å². The summed E-state index contributed by atoms with van der Waals surface area (Å²) in [5.41, 5.74) is 1.63. The third-order valence-electron chi connectivity index (χ3n) is 4.70. The van der Waals surface area contributed by atoms with E-state index in [1.54, 1.807) is 0 Å². The van der Waals surface area contributed by atoms with Crippen molar-refractivity contribution in [3.05, 3.63) is 45.9 Å². The summed E-state index contributed by atoms with van der Waals surface area (Å²) in [6, 6.07) is 9.46. The van der Waals surface area contributed by atoms with Crippen molar-refractivity contribution < 1.29 is 9.59 Å². The van der Waals surface area contributed by atoms with Gasteiger partial charge in [0.25, 0.3) is 5.91 Å². The van der Waals surface area contributed by atoms with Gasteiger partial charge in [-0.25, -0.2) is 4.98 Å². The predicted octanol–water partition coefficient (Wildman–Crippen LogP) is 3.05. The first-order valence-corrected chi connectivity index (χ1v) is 10.6. The summed E-state index contributed by atoms with van der Waals surface area (Å²) in [4.78, 5) is 34.4. The van der Waals surface area contributed by atoms with Gasteiger partial charge in [-0.2, -0.15) is 0 Å². The van der Waals surface area contributed by atoms with Gasteiger partial charge >= 0.3 is 0 Å². The van der Waals surface area contributed by atoms with Gasteiger partial charge in [-0.05, 0) is 25.0 Å². The molecule has 1 aliphatic rings. The Kier molecular flexibility index (Phi) is 6.80. The minimum absolute atomic E-state index is 0.0254. The van der Waals surface area contributed by atoms with Crippen LogP contribution in [0.2, 0.25) is 0 Å². The van der Waals surface area contributed by atoms with Crippen molar-refractivity contribution in [2.24, 2.45) is 5.92 Å². The van der Waals surface area contributed by atoms with Crippen molar-refractivity contribution in [1.82, 2.24) is 14.8 Å². The molecule has 6 nitrogen and oxygen atoms in total. The Labute approximate surface area is 170 Å². The van der Waals surface area contributed by atoms with Crippen LogP contribution in [0.4, 0.5) is 5.69 Å². The molecule has 2 heterocycles. The van der Waals surface area contributed by atoms with Crippen molar-refractivity contribution in [1.29, 1.82) is 0 Å². The van der Waals surface area contributed by atoms with Crippen molar-refractivity contribution in [3.8, 4) is 0 Å². The van der Waals surface area contributed by atoms with Gasteiger partial charge in [0, 0.05) is 38.3 Å². The molecule has 0 aliphatic carbocycles. The highest BCUT2D eigenvalue weighted by Crippen LogP contribution is 2.23. The van der Waals surface area contributed by atoms with Gasteiger partial charge in [-0.3, -0.25) is 14.5 Å². The first kappa shape index (κ1) is 20.5. The Morgan fingerprint density at radius 3 is 2.46 bits per heavy atom. The largest absolute Gasteiger partial charge is 0.335 e. The maximum atomic E-state index is 12.9. The van der Waals surface area contributed by atoms with E-state index in [-0.39, 0.29) is 11.8 Å². The number of benzene rings is 1. The van der Waals surface area contributed by atoms with Crippen LogP contribution in [-0.2, 0) is 11.2 Å². The summed E-state index contributed by atoms with van der Waals surface area (Å²) in [6.45, 7) is 9.24. The molecule has 0 spiro atoms. The summed E-state index contributed by atoms with van der Waals surface area (Å²) < 4.78 is 0. The Morgan fingerprint density at radius 2 is 1.82 bits per heavy atom.